The Morgan fingerprint density at radius 2 is 1.45 bits per heavy atom. The van der Waals surface area contributed by atoms with Crippen molar-refractivity contribution < 1.29 is 4.79 Å². The quantitative estimate of drug-likeness (QED) is 0.283. The summed E-state index contributed by atoms with van der Waals surface area (Å²) in [6.07, 6.45) is 0.767. The highest BCUT2D eigenvalue weighted by molar-refractivity contribution is 8.00. The maximum Gasteiger partial charge on any atom is 0.234 e. The van der Waals surface area contributed by atoms with Gasteiger partial charge in [0.2, 0.25) is 5.91 Å². The smallest absolute Gasteiger partial charge is 0.234 e. The summed E-state index contributed by atoms with van der Waals surface area (Å²) < 4.78 is 0. The number of thioether (sulfide) groups is 1. The van der Waals surface area contributed by atoms with Crippen LogP contribution in [0.25, 0.3) is 11.1 Å². The molecule has 0 aliphatic carbocycles. The number of hydrogen-bond acceptors (Lipinski definition) is 4. The topological polar surface area (TPSA) is 64.9 Å². The van der Waals surface area contributed by atoms with E-state index in [4.69, 9.17) is 5.26 Å². The number of hydrogen-bond donors (Lipinski definition) is 2. The lowest BCUT2D eigenvalue weighted by Crippen LogP contribution is -2.33. The highest BCUT2D eigenvalue weighted by Crippen LogP contribution is 2.30. The van der Waals surface area contributed by atoms with Gasteiger partial charge in [0.05, 0.1) is 11.3 Å². The van der Waals surface area contributed by atoms with Crippen LogP contribution in [-0.2, 0) is 17.9 Å². The van der Waals surface area contributed by atoms with Crippen LogP contribution in [0.15, 0.2) is 83.8 Å². The minimum Gasteiger partial charge on any atom is -0.342 e. The fraction of sp³-hybridized carbons (Fsp3) is 0.286. The zero-order valence-electron chi connectivity index (χ0n) is 19.3. The number of benzene rings is 3. The molecule has 0 fully saturated rings. The number of nitrogens with one attached hydrogen (secondary N) is 2. The van der Waals surface area contributed by atoms with Gasteiger partial charge in [-0.2, -0.15) is 5.26 Å². The van der Waals surface area contributed by atoms with Gasteiger partial charge in [-0.1, -0.05) is 80.6 Å². The van der Waals surface area contributed by atoms with E-state index < -0.39 is 0 Å². The molecule has 5 heteroatoms. The largest absolute Gasteiger partial charge is 0.342 e. The predicted molar refractivity (Wildman–Crippen MR) is 137 cm³/mol. The van der Waals surface area contributed by atoms with Crippen LogP contribution in [0.3, 0.4) is 0 Å². The molecule has 1 atom stereocenters. The predicted octanol–water partition coefficient (Wildman–Crippen LogP) is 5.79. The molecule has 1 amide bonds. The number of nitriles is 1. The van der Waals surface area contributed by atoms with E-state index in [1.807, 2.05) is 12.1 Å². The molecule has 0 bridgehead atoms. The molecule has 0 saturated heterocycles. The minimum absolute atomic E-state index is 0.0463. The summed E-state index contributed by atoms with van der Waals surface area (Å²) in [7, 11) is 0. The molecular weight excluding hydrogens is 426 g/mol. The molecule has 3 aromatic rings. The lowest BCUT2D eigenvalue weighted by molar-refractivity contribution is -0.120. The summed E-state index contributed by atoms with van der Waals surface area (Å²) in [6, 6.07) is 29.3. The Bertz CT molecular complexity index is 1040. The van der Waals surface area contributed by atoms with E-state index >= 15 is 0 Å². The van der Waals surface area contributed by atoms with Crippen molar-refractivity contribution in [2.24, 2.45) is 5.92 Å². The standard InChI is InChI=1S/C28H31N3OS/c1-21(2)18-27(28(32)31-17-16-29)33-26-14-12-25(13-15-26)24-10-8-23(9-11-24)20-30-19-22-6-4-3-5-7-22/h3-15,21,27,30H,17-20H2,1-2H3,(H,31,32). The van der Waals surface area contributed by atoms with Gasteiger partial charge in [-0.3, -0.25) is 4.79 Å². The fourth-order valence-corrected chi connectivity index (χ4v) is 4.82. The monoisotopic (exact) mass is 457 g/mol. The van der Waals surface area contributed by atoms with Gasteiger partial charge in [0.15, 0.2) is 0 Å². The number of amides is 1. The van der Waals surface area contributed by atoms with E-state index in [0.717, 1.165) is 30.0 Å². The highest BCUT2D eigenvalue weighted by atomic mass is 32.2. The molecule has 0 aliphatic rings. The third-order valence-corrected chi connectivity index (χ3v) is 6.48. The Morgan fingerprint density at radius 3 is 2.03 bits per heavy atom. The van der Waals surface area contributed by atoms with Crippen molar-refractivity contribution >= 4 is 17.7 Å². The minimum atomic E-state index is -0.202. The molecule has 3 aromatic carbocycles. The number of carbonyl (C=O) groups is 1. The molecule has 2 N–H and O–H groups in total. The maximum atomic E-state index is 12.4. The van der Waals surface area contributed by atoms with E-state index in [9.17, 15) is 4.79 Å². The molecule has 3 rings (SSSR count). The van der Waals surface area contributed by atoms with E-state index in [-0.39, 0.29) is 17.7 Å². The van der Waals surface area contributed by atoms with Gasteiger partial charge in [-0.15, -0.1) is 11.8 Å². The third kappa shape index (κ3) is 8.09. The molecule has 0 aromatic heterocycles. The highest BCUT2D eigenvalue weighted by Gasteiger charge is 2.20. The molecule has 0 heterocycles. The van der Waals surface area contributed by atoms with Gasteiger partial charge >= 0.3 is 0 Å². The van der Waals surface area contributed by atoms with E-state index in [1.165, 1.54) is 16.7 Å². The lowest BCUT2D eigenvalue weighted by Gasteiger charge is -2.17. The summed E-state index contributed by atoms with van der Waals surface area (Å²) in [6.45, 7) is 5.94. The zero-order valence-corrected chi connectivity index (χ0v) is 20.1. The van der Waals surface area contributed by atoms with Crippen LogP contribution in [0.4, 0.5) is 0 Å². The van der Waals surface area contributed by atoms with E-state index in [1.54, 1.807) is 11.8 Å². The molecule has 4 nitrogen and oxygen atoms in total. The molecule has 0 radical (unpaired) electrons. The van der Waals surface area contributed by atoms with Gasteiger partial charge in [0.25, 0.3) is 0 Å². The molecule has 0 spiro atoms. The van der Waals surface area contributed by atoms with Crippen LogP contribution >= 0.6 is 11.8 Å². The average molecular weight is 458 g/mol. The van der Waals surface area contributed by atoms with Crippen molar-refractivity contribution in [3.63, 3.8) is 0 Å². The molecule has 1 unspecified atom stereocenters. The van der Waals surface area contributed by atoms with Crippen molar-refractivity contribution in [1.82, 2.24) is 10.6 Å². The van der Waals surface area contributed by atoms with Crippen molar-refractivity contribution in [1.29, 1.82) is 5.26 Å². The van der Waals surface area contributed by atoms with E-state index in [0.29, 0.717) is 5.92 Å². The summed E-state index contributed by atoms with van der Waals surface area (Å²) in [4.78, 5) is 13.5. The van der Waals surface area contributed by atoms with Crippen LogP contribution in [-0.4, -0.2) is 17.7 Å². The van der Waals surface area contributed by atoms with Gasteiger partial charge < -0.3 is 10.6 Å². The Morgan fingerprint density at radius 1 is 0.879 bits per heavy atom. The van der Waals surface area contributed by atoms with Crippen molar-refractivity contribution in [3.8, 4) is 17.2 Å². The normalized spacial score (nSPS) is 11.7. The van der Waals surface area contributed by atoms with Crippen molar-refractivity contribution in [2.75, 3.05) is 6.54 Å². The average Bonchev–Trinajstić information content (AvgIpc) is 2.83. The fourth-order valence-electron chi connectivity index (χ4n) is 3.53. The Labute approximate surface area is 201 Å². The Hall–Kier alpha value is -3.07. The maximum absolute atomic E-state index is 12.4. The summed E-state index contributed by atoms with van der Waals surface area (Å²) >= 11 is 1.56. The Kier molecular flexibility index (Phi) is 9.56. The summed E-state index contributed by atoms with van der Waals surface area (Å²) in [5, 5.41) is 14.7. The molecule has 170 valence electrons. The van der Waals surface area contributed by atoms with Crippen molar-refractivity contribution in [3.05, 3.63) is 90.0 Å². The molecule has 0 aliphatic heterocycles. The zero-order chi connectivity index (χ0) is 23.5. The Balaban J connectivity index is 1.57. The first-order chi connectivity index (χ1) is 16.0. The summed E-state index contributed by atoms with van der Waals surface area (Å²) in [5.74, 6) is 0.325. The summed E-state index contributed by atoms with van der Waals surface area (Å²) in [5.41, 5.74) is 4.85. The second-order valence-electron chi connectivity index (χ2n) is 8.42. The lowest BCUT2D eigenvalue weighted by atomic mass is 10.0. The van der Waals surface area contributed by atoms with Gasteiger partial charge in [0, 0.05) is 18.0 Å². The first kappa shape index (κ1) is 24.6. The SMILES string of the molecule is CC(C)CC(Sc1ccc(-c2ccc(CNCc3ccccc3)cc2)cc1)C(=O)NCC#N. The van der Waals surface area contributed by atoms with Gasteiger partial charge in [-0.05, 0) is 46.7 Å². The van der Waals surface area contributed by atoms with Gasteiger partial charge in [0.1, 0.15) is 6.54 Å². The van der Waals surface area contributed by atoms with Crippen LogP contribution < -0.4 is 10.6 Å². The van der Waals surface area contributed by atoms with Crippen LogP contribution in [0.5, 0.6) is 0 Å². The van der Waals surface area contributed by atoms with Crippen LogP contribution in [0.2, 0.25) is 0 Å². The first-order valence-corrected chi connectivity index (χ1v) is 12.2. The number of carbonyl (C=O) groups excluding carboxylic acids is 1. The van der Waals surface area contributed by atoms with Crippen molar-refractivity contribution in [2.45, 2.75) is 43.5 Å². The van der Waals surface area contributed by atoms with Crippen LogP contribution in [0.1, 0.15) is 31.4 Å². The van der Waals surface area contributed by atoms with E-state index in [2.05, 4.69) is 97.3 Å². The third-order valence-electron chi connectivity index (χ3n) is 5.24. The molecule has 0 saturated carbocycles. The molecule has 33 heavy (non-hydrogen) atoms. The van der Waals surface area contributed by atoms with Crippen LogP contribution in [0, 0.1) is 17.2 Å². The second kappa shape index (κ2) is 12.8. The number of rotatable bonds is 11. The second-order valence-corrected chi connectivity index (χ2v) is 9.70. The molecular formula is C28H31N3OS. The number of nitrogens with zero attached hydrogens (tertiary/aromatic N) is 1. The van der Waals surface area contributed by atoms with Gasteiger partial charge in [-0.25, -0.2) is 0 Å². The first-order valence-electron chi connectivity index (χ1n) is 11.3.